The minimum absolute atomic E-state index is 0.0835. The summed E-state index contributed by atoms with van der Waals surface area (Å²) in [5.41, 5.74) is 2.27. The molecule has 30 heavy (non-hydrogen) atoms. The SMILES string of the molecule is CC(=O)OCC[C@H](OCc1ccccc1)[C@@H](OCc1ccccc1)C1SCCCS1. The highest BCUT2D eigenvalue weighted by Crippen LogP contribution is 2.37. The van der Waals surface area contributed by atoms with Crippen LogP contribution >= 0.6 is 23.5 Å². The Kier molecular flexibility index (Phi) is 10.1. The van der Waals surface area contributed by atoms with Crippen molar-refractivity contribution in [3.63, 3.8) is 0 Å². The molecule has 2 aromatic carbocycles. The van der Waals surface area contributed by atoms with Crippen molar-refractivity contribution >= 4 is 29.5 Å². The molecular formula is C24H30O4S2. The van der Waals surface area contributed by atoms with Gasteiger partial charge in [0.25, 0.3) is 0 Å². The first-order valence-electron chi connectivity index (χ1n) is 10.4. The van der Waals surface area contributed by atoms with Crippen LogP contribution < -0.4 is 0 Å². The van der Waals surface area contributed by atoms with Crippen LogP contribution in [-0.4, -0.2) is 40.9 Å². The molecule has 3 rings (SSSR count). The zero-order chi connectivity index (χ0) is 21.0. The number of hydrogen-bond acceptors (Lipinski definition) is 6. The van der Waals surface area contributed by atoms with E-state index in [1.807, 2.05) is 59.9 Å². The molecule has 1 aliphatic heterocycles. The van der Waals surface area contributed by atoms with Crippen LogP contribution in [0.5, 0.6) is 0 Å². The molecule has 1 fully saturated rings. The maximum atomic E-state index is 11.3. The molecular weight excluding hydrogens is 416 g/mol. The van der Waals surface area contributed by atoms with Crippen molar-refractivity contribution in [1.29, 1.82) is 0 Å². The van der Waals surface area contributed by atoms with Crippen LogP contribution in [0.2, 0.25) is 0 Å². The van der Waals surface area contributed by atoms with Crippen molar-refractivity contribution in [3.05, 3.63) is 71.8 Å². The van der Waals surface area contributed by atoms with E-state index in [0.29, 0.717) is 30.8 Å². The maximum Gasteiger partial charge on any atom is 0.302 e. The zero-order valence-corrected chi connectivity index (χ0v) is 19.0. The van der Waals surface area contributed by atoms with Gasteiger partial charge in [-0.05, 0) is 29.1 Å². The minimum atomic E-state index is -0.264. The Morgan fingerprint density at radius 3 is 2.07 bits per heavy atom. The summed E-state index contributed by atoms with van der Waals surface area (Å²) in [5.74, 6) is 2.01. The number of thioether (sulfide) groups is 2. The molecule has 1 aliphatic rings. The van der Waals surface area contributed by atoms with Gasteiger partial charge in [-0.1, -0.05) is 60.7 Å². The largest absolute Gasteiger partial charge is 0.466 e. The fourth-order valence-electron chi connectivity index (χ4n) is 3.26. The first kappa shape index (κ1) is 23.2. The van der Waals surface area contributed by atoms with Gasteiger partial charge in [-0.15, -0.1) is 23.5 Å². The summed E-state index contributed by atoms with van der Waals surface area (Å²) >= 11 is 3.89. The molecule has 0 N–H and O–H groups in total. The topological polar surface area (TPSA) is 44.8 Å². The van der Waals surface area contributed by atoms with Crippen molar-refractivity contribution in [2.24, 2.45) is 0 Å². The average Bonchev–Trinajstić information content (AvgIpc) is 2.79. The van der Waals surface area contributed by atoms with Gasteiger partial charge in [-0.2, -0.15) is 0 Å². The van der Waals surface area contributed by atoms with E-state index in [1.165, 1.54) is 13.3 Å². The first-order valence-corrected chi connectivity index (χ1v) is 12.5. The van der Waals surface area contributed by atoms with Crippen molar-refractivity contribution in [2.45, 2.75) is 49.8 Å². The van der Waals surface area contributed by atoms with Crippen molar-refractivity contribution in [1.82, 2.24) is 0 Å². The summed E-state index contributed by atoms with van der Waals surface area (Å²) < 4.78 is 18.4. The molecule has 0 unspecified atom stereocenters. The van der Waals surface area contributed by atoms with Crippen LogP contribution in [0.25, 0.3) is 0 Å². The molecule has 4 nitrogen and oxygen atoms in total. The highest BCUT2D eigenvalue weighted by atomic mass is 32.2. The molecule has 162 valence electrons. The van der Waals surface area contributed by atoms with E-state index in [2.05, 4.69) is 24.3 Å². The molecule has 0 saturated carbocycles. The van der Waals surface area contributed by atoms with E-state index in [-0.39, 0.29) is 18.2 Å². The van der Waals surface area contributed by atoms with E-state index in [1.54, 1.807) is 0 Å². The Morgan fingerprint density at radius 1 is 0.933 bits per heavy atom. The van der Waals surface area contributed by atoms with Crippen LogP contribution in [0, 0.1) is 0 Å². The Morgan fingerprint density at radius 2 is 1.50 bits per heavy atom. The van der Waals surface area contributed by atoms with Gasteiger partial charge >= 0.3 is 5.97 Å². The summed E-state index contributed by atoms with van der Waals surface area (Å²) in [7, 11) is 0. The Hall–Kier alpha value is -1.47. The standard InChI is InChI=1S/C24H30O4S2/c1-19(25)26-14-13-22(27-17-20-9-4-2-5-10-20)23(24-29-15-8-16-30-24)28-18-21-11-6-3-7-12-21/h2-7,9-12,22-24H,8,13-18H2,1H3/t22-,23+/m0/s1. The number of rotatable bonds is 11. The van der Waals surface area contributed by atoms with Crippen molar-refractivity contribution in [3.8, 4) is 0 Å². The van der Waals surface area contributed by atoms with Crippen LogP contribution in [0.15, 0.2) is 60.7 Å². The second-order valence-electron chi connectivity index (χ2n) is 7.19. The van der Waals surface area contributed by atoms with Crippen LogP contribution in [0.3, 0.4) is 0 Å². The predicted molar refractivity (Wildman–Crippen MR) is 125 cm³/mol. The number of hydrogen-bond donors (Lipinski definition) is 0. The van der Waals surface area contributed by atoms with Gasteiger partial charge < -0.3 is 14.2 Å². The lowest BCUT2D eigenvalue weighted by molar-refractivity contribution is -0.143. The molecule has 0 radical (unpaired) electrons. The van der Waals surface area contributed by atoms with E-state index < -0.39 is 0 Å². The monoisotopic (exact) mass is 446 g/mol. The van der Waals surface area contributed by atoms with Gasteiger partial charge in [0.05, 0.1) is 30.5 Å². The molecule has 2 atom stereocenters. The number of benzene rings is 2. The Labute approximate surface area is 188 Å². The third-order valence-electron chi connectivity index (χ3n) is 4.79. The third-order valence-corrected chi connectivity index (χ3v) is 7.85. The normalized spacial score (nSPS) is 16.7. The second kappa shape index (κ2) is 13.1. The van der Waals surface area contributed by atoms with Gasteiger partial charge in [0.15, 0.2) is 0 Å². The molecule has 0 aliphatic carbocycles. The molecule has 1 saturated heterocycles. The van der Waals surface area contributed by atoms with E-state index >= 15 is 0 Å². The fraction of sp³-hybridized carbons (Fsp3) is 0.458. The van der Waals surface area contributed by atoms with Crippen molar-refractivity contribution in [2.75, 3.05) is 18.1 Å². The molecule has 1 heterocycles. The molecule has 0 bridgehead atoms. The number of carbonyl (C=O) groups is 1. The van der Waals surface area contributed by atoms with Crippen LogP contribution in [-0.2, 0) is 32.2 Å². The lowest BCUT2D eigenvalue weighted by atomic mass is 10.1. The van der Waals surface area contributed by atoms with Gasteiger partial charge in [0, 0.05) is 13.3 Å². The fourth-order valence-corrected chi connectivity index (χ4v) is 6.38. The molecule has 0 aromatic heterocycles. The first-order chi connectivity index (χ1) is 14.7. The predicted octanol–water partition coefficient (Wildman–Crippen LogP) is 5.31. The Balaban J connectivity index is 1.71. The Bertz CT molecular complexity index is 735. The molecule has 0 amide bonds. The molecule has 2 aromatic rings. The van der Waals surface area contributed by atoms with E-state index in [9.17, 15) is 4.79 Å². The van der Waals surface area contributed by atoms with Crippen molar-refractivity contribution < 1.29 is 19.0 Å². The lowest BCUT2D eigenvalue weighted by Crippen LogP contribution is -2.40. The van der Waals surface area contributed by atoms with Crippen LogP contribution in [0.4, 0.5) is 0 Å². The van der Waals surface area contributed by atoms with Gasteiger partial charge in [-0.3, -0.25) is 4.79 Å². The average molecular weight is 447 g/mol. The molecule has 0 spiro atoms. The van der Waals surface area contributed by atoms with Gasteiger partial charge in [0.2, 0.25) is 0 Å². The lowest BCUT2D eigenvalue weighted by Gasteiger charge is -2.35. The van der Waals surface area contributed by atoms with Gasteiger partial charge in [-0.25, -0.2) is 0 Å². The summed E-state index contributed by atoms with van der Waals surface area (Å²) in [6, 6.07) is 20.4. The summed E-state index contributed by atoms with van der Waals surface area (Å²) in [4.78, 5) is 11.3. The second-order valence-corrected chi connectivity index (χ2v) is 9.99. The molecule has 6 heteroatoms. The summed E-state index contributed by atoms with van der Waals surface area (Å²) in [5, 5.41) is 0. The maximum absolute atomic E-state index is 11.3. The zero-order valence-electron chi connectivity index (χ0n) is 17.4. The quantitative estimate of drug-likeness (QED) is 0.436. The summed E-state index contributed by atoms with van der Waals surface area (Å²) in [6.45, 7) is 2.83. The number of esters is 1. The van der Waals surface area contributed by atoms with Crippen LogP contribution in [0.1, 0.15) is 30.9 Å². The van der Waals surface area contributed by atoms with E-state index in [0.717, 1.165) is 22.6 Å². The minimum Gasteiger partial charge on any atom is -0.466 e. The highest BCUT2D eigenvalue weighted by Gasteiger charge is 2.33. The van der Waals surface area contributed by atoms with E-state index in [4.69, 9.17) is 14.2 Å². The van der Waals surface area contributed by atoms with Gasteiger partial charge in [0.1, 0.15) is 6.10 Å². The number of carbonyl (C=O) groups excluding carboxylic acids is 1. The highest BCUT2D eigenvalue weighted by molar-refractivity contribution is 8.17. The number of ether oxygens (including phenoxy) is 3. The summed E-state index contributed by atoms with van der Waals surface area (Å²) in [6.07, 6.45) is 1.60. The smallest absolute Gasteiger partial charge is 0.302 e. The third kappa shape index (κ3) is 7.99.